The second kappa shape index (κ2) is 9.30. The van der Waals surface area contributed by atoms with Crippen LogP contribution in [0.4, 0.5) is 0 Å². The quantitative estimate of drug-likeness (QED) is 0.470. The first-order valence-electron chi connectivity index (χ1n) is 14.5. The molecule has 0 saturated heterocycles. The Morgan fingerprint density at radius 2 is 2.17 bits per heavy atom. The van der Waals surface area contributed by atoms with Gasteiger partial charge in [0.1, 0.15) is 0 Å². The molecule has 0 spiro atoms. The maximum absolute atomic E-state index is 10.1. The Hall–Kier alpha value is -0.900. The lowest BCUT2D eigenvalue weighted by Crippen LogP contribution is -2.36. The second-order valence-corrected chi connectivity index (χ2v) is 10.7. The Balaban J connectivity index is 1.83. The molecule has 0 aromatic rings. The van der Waals surface area contributed by atoms with Gasteiger partial charge in [0, 0.05) is 9.11 Å². The molecule has 0 aromatic carbocycles. The Morgan fingerprint density at radius 3 is 2.87 bits per heavy atom. The highest BCUT2D eigenvalue weighted by molar-refractivity contribution is 5.38. The van der Waals surface area contributed by atoms with E-state index in [-0.39, 0.29) is 17.4 Å². The molecule has 0 heterocycles. The fraction of sp³-hybridized carbons (Fsp3) is 0.778. The molecule has 3 heteroatoms. The molecule has 0 radical (unpaired) electrons. The molecule has 0 bridgehead atoms. The lowest BCUT2D eigenvalue weighted by Gasteiger charge is -2.44. The molecule has 0 aromatic heterocycles. The zero-order valence-electron chi connectivity index (χ0n) is 25.2. The molecule has 3 aliphatic carbocycles. The van der Waals surface area contributed by atoms with E-state index in [9.17, 15) is 5.11 Å². The van der Waals surface area contributed by atoms with E-state index < -0.39 is 24.1 Å². The third-order valence-corrected chi connectivity index (χ3v) is 7.94. The van der Waals surface area contributed by atoms with Gasteiger partial charge in [-0.2, -0.15) is 0 Å². The predicted molar refractivity (Wildman–Crippen MR) is 124 cm³/mol. The maximum Gasteiger partial charge on any atom is 0.211 e. The normalized spacial score (nSPS) is 48.2. The van der Waals surface area contributed by atoms with Crippen LogP contribution in [0, 0.1) is 23.2 Å². The van der Waals surface area contributed by atoms with Gasteiger partial charge in [0.15, 0.2) is 0 Å². The van der Waals surface area contributed by atoms with E-state index in [1.54, 1.807) is 6.08 Å². The lowest BCUT2D eigenvalue weighted by molar-refractivity contribution is 0.0596. The van der Waals surface area contributed by atoms with Crippen LogP contribution in [0.5, 0.6) is 0 Å². The van der Waals surface area contributed by atoms with E-state index >= 15 is 0 Å². The number of fused-ring (bicyclic) bond motifs is 1. The van der Waals surface area contributed by atoms with E-state index in [1.807, 2.05) is 19.9 Å². The fourth-order valence-corrected chi connectivity index (χ4v) is 6.31. The zero-order chi connectivity index (χ0) is 27.2. The number of aliphatic hydroxyl groups is 3. The number of allylic oxidation sites excluding steroid dienone is 3. The van der Waals surface area contributed by atoms with Crippen molar-refractivity contribution in [3.8, 4) is 0 Å². The van der Waals surface area contributed by atoms with Crippen molar-refractivity contribution in [2.45, 2.75) is 110 Å². The summed E-state index contributed by atoms with van der Waals surface area (Å²) in [7, 11) is 0. The average Bonchev–Trinajstić information content (AvgIpc) is 3.16. The van der Waals surface area contributed by atoms with Gasteiger partial charge in [0.25, 0.3) is 0 Å². The molecule has 3 fully saturated rings. The summed E-state index contributed by atoms with van der Waals surface area (Å²) in [6, 6.07) is 0. The van der Waals surface area contributed by atoms with E-state index in [0.29, 0.717) is 23.3 Å². The van der Waals surface area contributed by atoms with Gasteiger partial charge >= 0.3 is 0 Å². The summed E-state index contributed by atoms with van der Waals surface area (Å²) in [6.45, 7) is 12.4. The van der Waals surface area contributed by atoms with Crippen molar-refractivity contribution < 1.29 is 20.8 Å². The number of rotatable bonds is 8. The molecule has 3 N–H and O–H groups in total. The monoisotopic (exact) mass is 422 g/mol. The maximum atomic E-state index is 10.1. The third-order valence-electron chi connectivity index (χ3n) is 7.94. The smallest absolute Gasteiger partial charge is 0.211 e. The summed E-state index contributed by atoms with van der Waals surface area (Å²) in [5.41, 5.74) is 1.30. The van der Waals surface area contributed by atoms with Crippen molar-refractivity contribution in [3.63, 3.8) is 0 Å². The van der Waals surface area contributed by atoms with E-state index in [4.69, 9.17) is 8.35 Å². The Bertz CT molecular complexity index is 896. The van der Waals surface area contributed by atoms with Gasteiger partial charge in [-0.1, -0.05) is 51.0 Å². The van der Waals surface area contributed by atoms with Crippen molar-refractivity contribution in [1.29, 1.82) is 2.86 Å². The van der Waals surface area contributed by atoms with E-state index in [1.165, 1.54) is 18.4 Å². The van der Waals surface area contributed by atoms with Gasteiger partial charge in [-0.25, -0.2) is 0 Å². The van der Waals surface area contributed by atoms with Crippen LogP contribution in [-0.4, -0.2) is 35.9 Å². The zero-order valence-corrected chi connectivity index (χ0v) is 19.2. The summed E-state index contributed by atoms with van der Waals surface area (Å²) in [6.07, 6.45) is 4.36. The largest absolute Gasteiger partial charge is 0.393 e. The third kappa shape index (κ3) is 5.29. The SMILES string of the molecule is [2H]O[C@]1([2H])C/C(=C/C=C2\CCC[C@@]3(C)C2CC[C@@H]3[C@H](C)CCCC(C)(C)O)C(=C)[C@@]([2H])(O[2H])C1([2H])[2H]. The molecular weight excluding hydrogens is 372 g/mol. The topological polar surface area (TPSA) is 60.7 Å². The van der Waals surface area contributed by atoms with Crippen molar-refractivity contribution in [3.05, 3.63) is 35.5 Å². The summed E-state index contributed by atoms with van der Waals surface area (Å²) in [5.74, 6) is 1.64. The van der Waals surface area contributed by atoms with Crippen LogP contribution in [0.3, 0.4) is 0 Å². The summed E-state index contributed by atoms with van der Waals surface area (Å²) >= 11 is 0. The first-order chi connectivity index (χ1) is 16.6. The minimum atomic E-state index is -2.76. The molecule has 3 nitrogen and oxygen atoms in total. The van der Waals surface area contributed by atoms with Gasteiger partial charge in [-0.3, -0.25) is 0 Å². The van der Waals surface area contributed by atoms with Gasteiger partial charge in [-0.15, -0.1) is 0 Å². The van der Waals surface area contributed by atoms with Crippen molar-refractivity contribution in [1.82, 2.24) is 0 Å². The van der Waals surface area contributed by atoms with Gasteiger partial charge in [0.05, 0.1) is 20.5 Å². The lowest BCUT2D eigenvalue weighted by atomic mass is 9.60. The average molecular weight is 423 g/mol. The Kier molecular flexibility index (Phi) is 5.18. The molecule has 0 amide bonds. The second-order valence-electron chi connectivity index (χ2n) is 10.7. The van der Waals surface area contributed by atoms with Crippen LogP contribution >= 0.6 is 0 Å². The summed E-state index contributed by atoms with van der Waals surface area (Å²) in [5, 5.41) is 19.0. The van der Waals surface area contributed by atoms with Crippen molar-refractivity contribution in [2.75, 3.05) is 0 Å². The number of hydrogen-bond donors (Lipinski definition) is 3. The molecule has 30 heavy (non-hydrogen) atoms. The van der Waals surface area contributed by atoms with Gasteiger partial charge in [-0.05, 0) is 93.1 Å². The van der Waals surface area contributed by atoms with Gasteiger partial charge < -0.3 is 15.3 Å². The van der Waals surface area contributed by atoms with Crippen molar-refractivity contribution >= 4 is 0 Å². The molecule has 170 valence electrons. The molecule has 0 aliphatic heterocycles. The molecule has 6 atom stereocenters. The van der Waals surface area contributed by atoms with E-state index in [0.717, 1.165) is 38.5 Å². The fourth-order valence-electron chi connectivity index (χ4n) is 6.31. The molecule has 3 aliphatic rings. The highest BCUT2D eigenvalue weighted by Crippen LogP contribution is 2.60. The molecule has 3 rings (SSSR count). The standard InChI is InChI=1S/C27H44O3/c1-18(8-6-14-26(3,4)30)23-12-13-24-20(9-7-15-27(23,24)5)10-11-21-16-22(28)17-25(29)19(21)2/h10-11,18,22-25,28-30H,2,6-9,12-17H2,1,3-5H3/b20-10+,21-11-/t18-,22-,23-,24?,25+,27-/m1/s1/i17D2,22D,25D,28D,29D. The van der Waals surface area contributed by atoms with Crippen LogP contribution in [0.15, 0.2) is 35.5 Å². The molecular formula is C27H44O3. The first kappa shape index (κ1) is 16.7. The Morgan fingerprint density at radius 1 is 1.37 bits per heavy atom. The minimum Gasteiger partial charge on any atom is -0.393 e. The summed E-state index contributed by atoms with van der Waals surface area (Å²) < 4.78 is 48.0. The van der Waals surface area contributed by atoms with Crippen molar-refractivity contribution in [2.24, 2.45) is 23.2 Å². The van der Waals surface area contributed by atoms with E-state index in [2.05, 4.69) is 30.6 Å². The highest BCUT2D eigenvalue weighted by atomic mass is 16.3. The van der Waals surface area contributed by atoms with Crippen LogP contribution in [0.2, 0.25) is 0 Å². The predicted octanol–water partition coefficient (Wildman–Crippen LogP) is 5.70. The van der Waals surface area contributed by atoms with Crippen LogP contribution < -0.4 is 0 Å². The number of hydrogen-bond acceptors (Lipinski definition) is 3. The van der Waals surface area contributed by atoms with Crippen LogP contribution in [0.1, 0.15) is 97.3 Å². The van der Waals surface area contributed by atoms with Crippen LogP contribution in [-0.2, 0) is 0 Å². The summed E-state index contributed by atoms with van der Waals surface area (Å²) in [4.78, 5) is 0. The van der Waals surface area contributed by atoms with Gasteiger partial charge in [0.2, 0.25) is 2.86 Å². The minimum absolute atomic E-state index is 0.0115. The first-order valence-corrected chi connectivity index (χ1v) is 11.7. The Labute approximate surface area is 192 Å². The highest BCUT2D eigenvalue weighted by Gasteiger charge is 2.50. The van der Waals surface area contributed by atoms with Crippen LogP contribution in [0.25, 0.3) is 0 Å². The molecule has 3 saturated carbocycles. The molecule has 1 unspecified atom stereocenters.